The van der Waals surface area contributed by atoms with E-state index in [1.165, 1.54) is 15.5 Å². The van der Waals surface area contributed by atoms with Crippen molar-refractivity contribution in [3.05, 3.63) is 72.6 Å². The molecular formula is C24H18N4OS. The Kier molecular flexibility index (Phi) is 3.70. The molecule has 4 aromatic heterocycles. The third kappa shape index (κ3) is 2.61. The van der Waals surface area contributed by atoms with Gasteiger partial charge >= 0.3 is 0 Å². The number of aromatic nitrogens is 4. The highest BCUT2D eigenvalue weighted by Crippen LogP contribution is 2.37. The standard InChI is InChI=1S/C24H18N4OS/c1-14-9-17-11-23(30-22(17)12-21(14)29-2)20-13-26-24-6-5-19(27-28(20)24)15-3-4-18-16(10-15)7-8-25-18/h3-13,25H,1-2H3. The van der Waals surface area contributed by atoms with Gasteiger partial charge < -0.3 is 9.72 Å². The SMILES string of the molecule is COc1cc2sc(-c3cnc4ccc(-c5ccc6[nH]ccc6c5)nn34)cc2cc1C. The van der Waals surface area contributed by atoms with Crippen molar-refractivity contribution in [2.75, 3.05) is 7.11 Å². The van der Waals surface area contributed by atoms with E-state index in [-0.39, 0.29) is 0 Å². The summed E-state index contributed by atoms with van der Waals surface area (Å²) < 4.78 is 8.61. The van der Waals surface area contributed by atoms with Crippen LogP contribution in [0.3, 0.4) is 0 Å². The molecule has 2 aromatic carbocycles. The third-order valence-corrected chi connectivity index (χ3v) is 6.62. The molecule has 5 nitrogen and oxygen atoms in total. The Morgan fingerprint density at radius 2 is 1.93 bits per heavy atom. The summed E-state index contributed by atoms with van der Waals surface area (Å²) in [5.74, 6) is 0.912. The molecule has 146 valence electrons. The molecule has 0 amide bonds. The van der Waals surface area contributed by atoms with Crippen molar-refractivity contribution in [2.45, 2.75) is 6.92 Å². The van der Waals surface area contributed by atoms with Gasteiger partial charge in [-0.1, -0.05) is 6.07 Å². The van der Waals surface area contributed by atoms with Gasteiger partial charge in [0, 0.05) is 27.4 Å². The second kappa shape index (κ2) is 6.43. The summed E-state index contributed by atoms with van der Waals surface area (Å²) in [6, 6.07) is 18.9. The number of nitrogens with one attached hydrogen (secondary N) is 1. The van der Waals surface area contributed by atoms with Crippen molar-refractivity contribution in [1.82, 2.24) is 19.6 Å². The monoisotopic (exact) mass is 410 g/mol. The lowest BCUT2D eigenvalue weighted by Gasteiger charge is -2.04. The van der Waals surface area contributed by atoms with Crippen LogP contribution in [-0.4, -0.2) is 26.7 Å². The number of aromatic amines is 1. The number of H-pyrrole nitrogens is 1. The predicted molar refractivity (Wildman–Crippen MR) is 122 cm³/mol. The van der Waals surface area contributed by atoms with Crippen LogP contribution in [0.2, 0.25) is 0 Å². The third-order valence-electron chi connectivity index (χ3n) is 5.50. The maximum atomic E-state index is 5.49. The molecule has 30 heavy (non-hydrogen) atoms. The van der Waals surface area contributed by atoms with Crippen LogP contribution in [0.4, 0.5) is 0 Å². The normalized spacial score (nSPS) is 11.7. The molecule has 0 radical (unpaired) electrons. The van der Waals surface area contributed by atoms with Gasteiger partial charge in [0.1, 0.15) is 11.4 Å². The number of hydrogen-bond acceptors (Lipinski definition) is 4. The summed E-state index contributed by atoms with van der Waals surface area (Å²) in [4.78, 5) is 8.94. The minimum absolute atomic E-state index is 0.836. The summed E-state index contributed by atoms with van der Waals surface area (Å²) in [5, 5.41) is 7.30. The predicted octanol–water partition coefficient (Wildman–Crippen LogP) is 6.08. The molecule has 6 rings (SSSR count). The highest BCUT2D eigenvalue weighted by molar-refractivity contribution is 7.22. The first kappa shape index (κ1) is 17.2. The maximum absolute atomic E-state index is 5.49. The summed E-state index contributed by atoms with van der Waals surface area (Å²) in [6.07, 6.45) is 3.85. The summed E-state index contributed by atoms with van der Waals surface area (Å²) in [6.45, 7) is 2.07. The Bertz CT molecular complexity index is 1560. The van der Waals surface area contributed by atoms with Crippen molar-refractivity contribution in [1.29, 1.82) is 0 Å². The van der Waals surface area contributed by atoms with Crippen molar-refractivity contribution < 1.29 is 4.74 Å². The zero-order valence-electron chi connectivity index (χ0n) is 16.5. The minimum Gasteiger partial charge on any atom is -0.496 e. The summed E-state index contributed by atoms with van der Waals surface area (Å²) in [7, 11) is 1.71. The number of rotatable bonds is 3. The number of aryl methyl sites for hydroxylation is 1. The van der Waals surface area contributed by atoms with E-state index in [4.69, 9.17) is 9.84 Å². The van der Waals surface area contributed by atoms with Gasteiger partial charge in [0.15, 0.2) is 5.65 Å². The number of nitrogens with zero attached hydrogens (tertiary/aromatic N) is 3. The molecule has 6 aromatic rings. The number of hydrogen-bond donors (Lipinski definition) is 1. The molecule has 0 unspecified atom stereocenters. The number of thiophene rings is 1. The van der Waals surface area contributed by atoms with Crippen LogP contribution in [0.15, 0.2) is 67.0 Å². The van der Waals surface area contributed by atoms with Crippen LogP contribution in [0.25, 0.3) is 48.5 Å². The molecule has 0 atom stereocenters. The van der Waals surface area contributed by atoms with Gasteiger partial charge in [-0.25, -0.2) is 9.50 Å². The molecule has 0 aliphatic heterocycles. The summed E-state index contributed by atoms with van der Waals surface area (Å²) >= 11 is 1.73. The second-order valence-electron chi connectivity index (χ2n) is 7.38. The molecule has 4 heterocycles. The maximum Gasteiger partial charge on any atom is 0.154 e. The van der Waals surface area contributed by atoms with Gasteiger partial charge in [-0.2, -0.15) is 5.10 Å². The fourth-order valence-corrected chi connectivity index (χ4v) is 5.00. The van der Waals surface area contributed by atoms with Crippen LogP contribution in [0.1, 0.15) is 5.56 Å². The average Bonchev–Trinajstić information content (AvgIpc) is 3.49. The van der Waals surface area contributed by atoms with Crippen LogP contribution in [0, 0.1) is 6.92 Å². The van der Waals surface area contributed by atoms with E-state index in [0.717, 1.165) is 44.3 Å². The smallest absolute Gasteiger partial charge is 0.154 e. The van der Waals surface area contributed by atoms with Gasteiger partial charge in [-0.15, -0.1) is 11.3 Å². The van der Waals surface area contributed by atoms with E-state index < -0.39 is 0 Å². The molecule has 0 aliphatic carbocycles. The molecule has 0 saturated carbocycles. The summed E-state index contributed by atoms with van der Waals surface area (Å²) in [5.41, 5.74) is 6.09. The molecule has 0 aliphatic rings. The molecule has 0 saturated heterocycles. The van der Waals surface area contributed by atoms with Gasteiger partial charge in [0.2, 0.25) is 0 Å². The van der Waals surface area contributed by atoms with Gasteiger partial charge in [-0.3, -0.25) is 0 Å². The number of benzene rings is 2. The largest absolute Gasteiger partial charge is 0.496 e. The Labute approximate surface area is 176 Å². The minimum atomic E-state index is 0.836. The molecule has 0 bridgehead atoms. The zero-order chi connectivity index (χ0) is 20.2. The second-order valence-corrected chi connectivity index (χ2v) is 8.47. The van der Waals surface area contributed by atoms with E-state index in [1.807, 2.05) is 29.0 Å². The van der Waals surface area contributed by atoms with E-state index in [1.54, 1.807) is 18.4 Å². The Balaban J connectivity index is 1.50. The van der Waals surface area contributed by atoms with Crippen molar-refractivity contribution in [3.8, 4) is 27.6 Å². The van der Waals surface area contributed by atoms with Crippen LogP contribution in [0.5, 0.6) is 5.75 Å². The Morgan fingerprint density at radius 3 is 2.83 bits per heavy atom. The quantitative estimate of drug-likeness (QED) is 0.385. The number of fused-ring (bicyclic) bond motifs is 3. The van der Waals surface area contributed by atoms with E-state index >= 15 is 0 Å². The molecule has 0 spiro atoms. The van der Waals surface area contributed by atoms with Crippen LogP contribution >= 0.6 is 11.3 Å². The molecule has 1 N–H and O–H groups in total. The highest BCUT2D eigenvalue weighted by Gasteiger charge is 2.13. The van der Waals surface area contributed by atoms with Gasteiger partial charge in [0.25, 0.3) is 0 Å². The first-order chi connectivity index (χ1) is 14.7. The highest BCUT2D eigenvalue weighted by atomic mass is 32.1. The average molecular weight is 411 g/mol. The van der Waals surface area contributed by atoms with E-state index in [0.29, 0.717) is 0 Å². The molecular weight excluding hydrogens is 392 g/mol. The lowest BCUT2D eigenvalue weighted by Crippen LogP contribution is -1.96. The molecule has 6 heteroatoms. The first-order valence-corrected chi connectivity index (χ1v) is 10.5. The van der Waals surface area contributed by atoms with Crippen LogP contribution < -0.4 is 4.74 Å². The van der Waals surface area contributed by atoms with Gasteiger partial charge in [-0.05, 0) is 66.4 Å². The fraction of sp³-hybridized carbons (Fsp3) is 0.0833. The van der Waals surface area contributed by atoms with E-state index in [2.05, 4.69) is 59.4 Å². The van der Waals surface area contributed by atoms with Crippen molar-refractivity contribution >= 4 is 38.0 Å². The first-order valence-electron chi connectivity index (χ1n) is 9.70. The van der Waals surface area contributed by atoms with Crippen LogP contribution in [-0.2, 0) is 0 Å². The zero-order valence-corrected chi connectivity index (χ0v) is 17.3. The number of methoxy groups -OCH3 is 1. The topological polar surface area (TPSA) is 55.2 Å². The van der Waals surface area contributed by atoms with E-state index in [9.17, 15) is 0 Å². The van der Waals surface area contributed by atoms with Gasteiger partial charge in [0.05, 0.1) is 23.9 Å². The lowest BCUT2D eigenvalue weighted by molar-refractivity contribution is 0.412. The number of ether oxygens (including phenoxy) is 1. The fourth-order valence-electron chi connectivity index (χ4n) is 3.94. The lowest BCUT2D eigenvalue weighted by atomic mass is 10.1. The Morgan fingerprint density at radius 1 is 1.00 bits per heavy atom. The Hall–Kier alpha value is -3.64. The van der Waals surface area contributed by atoms with Crippen molar-refractivity contribution in [2.24, 2.45) is 0 Å². The van der Waals surface area contributed by atoms with Crippen molar-refractivity contribution in [3.63, 3.8) is 0 Å². The number of imidazole rings is 1. The molecule has 0 fully saturated rings.